The highest BCUT2D eigenvalue weighted by Gasteiger charge is 2.29. The maximum atomic E-state index is 12.4. The minimum atomic E-state index is -4.37. The van der Waals surface area contributed by atoms with Gasteiger partial charge in [0.05, 0.1) is 5.69 Å². The number of ether oxygens (including phenoxy) is 1. The molecule has 4 rings (SSSR count). The molecule has 0 radical (unpaired) electrons. The Morgan fingerprint density at radius 3 is 2.11 bits per heavy atom. The Balaban J connectivity index is 1.35. The number of hydrogen-bond donors (Lipinski definition) is 2. The first kappa shape index (κ1) is 25.0. The fourth-order valence-electron chi connectivity index (χ4n) is 3.21. The van der Waals surface area contributed by atoms with E-state index in [0.29, 0.717) is 28.8 Å². The zero-order valence-electron chi connectivity index (χ0n) is 19.4. The number of anilines is 2. The van der Waals surface area contributed by atoms with Gasteiger partial charge in [-0.2, -0.15) is 18.3 Å². The Kier molecular flexibility index (Phi) is 7.15. The standard InChI is InChI=1S/C24H21F3N6O2S/c1-14-15(2)32-33(16(14)3)21-12-22(29-13-28-21)35-19-8-4-17(5-9-19)30-23(34)31-18-6-10-20(11-7-18)36-24(25,26)27/h4-13H,1-3H3,(H2,30,31,34). The highest BCUT2D eigenvalue weighted by atomic mass is 32.2. The predicted octanol–water partition coefficient (Wildman–Crippen LogP) is 6.64. The first-order valence-electron chi connectivity index (χ1n) is 10.6. The van der Waals surface area contributed by atoms with Gasteiger partial charge in [-0.05, 0) is 86.6 Å². The lowest BCUT2D eigenvalue weighted by molar-refractivity contribution is -0.0328. The molecule has 2 amide bonds. The lowest BCUT2D eigenvalue weighted by Crippen LogP contribution is -2.19. The second kappa shape index (κ2) is 10.3. The minimum absolute atomic E-state index is 0.0323. The van der Waals surface area contributed by atoms with Crippen LogP contribution >= 0.6 is 11.8 Å². The summed E-state index contributed by atoms with van der Waals surface area (Å²) in [6.45, 7) is 5.89. The predicted molar refractivity (Wildman–Crippen MR) is 131 cm³/mol. The zero-order chi connectivity index (χ0) is 25.9. The Morgan fingerprint density at radius 2 is 1.56 bits per heavy atom. The van der Waals surface area contributed by atoms with Gasteiger partial charge in [0.15, 0.2) is 5.82 Å². The maximum Gasteiger partial charge on any atom is 0.446 e. The number of amides is 2. The number of carbonyl (C=O) groups is 1. The molecule has 0 saturated carbocycles. The molecular formula is C24H21F3N6O2S. The van der Waals surface area contributed by atoms with Crippen molar-refractivity contribution in [3.63, 3.8) is 0 Å². The molecule has 8 nitrogen and oxygen atoms in total. The summed E-state index contributed by atoms with van der Waals surface area (Å²) >= 11 is -0.218. The van der Waals surface area contributed by atoms with E-state index in [0.717, 1.165) is 17.0 Å². The normalized spacial score (nSPS) is 11.3. The number of benzene rings is 2. The van der Waals surface area contributed by atoms with Crippen molar-refractivity contribution in [3.8, 4) is 17.4 Å². The lowest BCUT2D eigenvalue weighted by atomic mass is 10.2. The summed E-state index contributed by atoms with van der Waals surface area (Å²) in [5.74, 6) is 1.40. The molecule has 0 aliphatic rings. The summed E-state index contributed by atoms with van der Waals surface area (Å²) in [5, 5.41) is 9.71. The molecule has 0 bridgehead atoms. The first-order chi connectivity index (χ1) is 17.1. The van der Waals surface area contributed by atoms with Crippen LogP contribution in [0.5, 0.6) is 11.6 Å². The van der Waals surface area contributed by atoms with E-state index in [4.69, 9.17) is 4.74 Å². The van der Waals surface area contributed by atoms with Gasteiger partial charge in [0.25, 0.3) is 0 Å². The first-order valence-corrected chi connectivity index (χ1v) is 11.5. The third-order valence-electron chi connectivity index (χ3n) is 5.18. The van der Waals surface area contributed by atoms with Crippen LogP contribution in [0.4, 0.5) is 29.3 Å². The van der Waals surface area contributed by atoms with Crippen molar-refractivity contribution in [1.82, 2.24) is 19.7 Å². The van der Waals surface area contributed by atoms with E-state index in [1.54, 1.807) is 35.0 Å². The summed E-state index contributed by atoms with van der Waals surface area (Å²) in [4.78, 5) is 20.7. The van der Waals surface area contributed by atoms with E-state index in [2.05, 4.69) is 25.7 Å². The molecular weight excluding hydrogens is 493 g/mol. The average molecular weight is 515 g/mol. The van der Waals surface area contributed by atoms with Gasteiger partial charge in [-0.15, -0.1) is 0 Å². The van der Waals surface area contributed by atoms with Crippen molar-refractivity contribution >= 4 is 29.2 Å². The highest BCUT2D eigenvalue weighted by Crippen LogP contribution is 2.37. The van der Waals surface area contributed by atoms with Crippen molar-refractivity contribution in [2.24, 2.45) is 0 Å². The average Bonchev–Trinajstić information content (AvgIpc) is 3.08. The van der Waals surface area contributed by atoms with Crippen LogP contribution in [0.25, 0.3) is 5.82 Å². The number of rotatable bonds is 6. The molecule has 2 N–H and O–H groups in total. The summed E-state index contributed by atoms with van der Waals surface area (Å²) < 4.78 is 44.8. The number of nitrogens with zero attached hydrogens (tertiary/aromatic N) is 4. The van der Waals surface area contributed by atoms with Crippen molar-refractivity contribution in [2.45, 2.75) is 31.2 Å². The third kappa shape index (κ3) is 6.33. The Morgan fingerprint density at radius 1 is 0.944 bits per heavy atom. The van der Waals surface area contributed by atoms with Crippen molar-refractivity contribution in [2.75, 3.05) is 10.6 Å². The van der Waals surface area contributed by atoms with Crippen molar-refractivity contribution in [3.05, 3.63) is 77.9 Å². The van der Waals surface area contributed by atoms with E-state index in [1.807, 2.05) is 20.8 Å². The van der Waals surface area contributed by atoms with E-state index in [1.165, 1.54) is 30.6 Å². The summed E-state index contributed by atoms with van der Waals surface area (Å²) in [5.41, 5.74) is -0.544. The molecule has 2 aromatic carbocycles. The third-order valence-corrected chi connectivity index (χ3v) is 5.92. The maximum absolute atomic E-state index is 12.4. The quantitative estimate of drug-likeness (QED) is 0.280. The topological polar surface area (TPSA) is 94.0 Å². The molecule has 0 saturated heterocycles. The second-order valence-corrected chi connectivity index (χ2v) is 8.84. The number of carbonyl (C=O) groups excluding carboxylic acids is 1. The Labute approximate surface area is 208 Å². The largest absolute Gasteiger partial charge is 0.446 e. The molecule has 4 aromatic rings. The van der Waals surface area contributed by atoms with Crippen LogP contribution in [-0.2, 0) is 0 Å². The molecule has 0 spiro atoms. The number of thioether (sulfide) groups is 1. The van der Waals surface area contributed by atoms with E-state index < -0.39 is 11.5 Å². The van der Waals surface area contributed by atoms with Crippen LogP contribution in [0.2, 0.25) is 0 Å². The SMILES string of the molecule is Cc1nn(-c2cc(Oc3ccc(NC(=O)Nc4ccc(SC(F)(F)F)cc4)cc3)ncn2)c(C)c1C. The number of nitrogens with one attached hydrogen (secondary N) is 2. The van der Waals surface area contributed by atoms with Crippen LogP contribution in [0.1, 0.15) is 17.0 Å². The van der Waals surface area contributed by atoms with Crippen molar-refractivity contribution < 1.29 is 22.7 Å². The fraction of sp³-hybridized carbons (Fsp3) is 0.167. The van der Waals surface area contributed by atoms with Crippen molar-refractivity contribution in [1.29, 1.82) is 0 Å². The van der Waals surface area contributed by atoms with Crippen LogP contribution in [0, 0.1) is 20.8 Å². The van der Waals surface area contributed by atoms with E-state index >= 15 is 0 Å². The number of aromatic nitrogens is 4. The fourth-order valence-corrected chi connectivity index (χ4v) is 3.75. The Hall–Kier alpha value is -4.06. The Bertz CT molecular complexity index is 1370. The molecule has 0 atom stereocenters. The summed E-state index contributed by atoms with van der Waals surface area (Å²) in [7, 11) is 0. The summed E-state index contributed by atoms with van der Waals surface area (Å²) in [6.07, 6.45) is 1.39. The molecule has 0 fully saturated rings. The molecule has 0 aliphatic carbocycles. The van der Waals surface area contributed by atoms with Crippen LogP contribution < -0.4 is 15.4 Å². The molecule has 2 heterocycles. The lowest BCUT2D eigenvalue weighted by Gasteiger charge is -2.10. The minimum Gasteiger partial charge on any atom is -0.439 e. The summed E-state index contributed by atoms with van der Waals surface area (Å²) in [6, 6.07) is 13.1. The highest BCUT2D eigenvalue weighted by molar-refractivity contribution is 8.00. The van der Waals surface area contributed by atoms with Gasteiger partial charge >= 0.3 is 11.5 Å². The van der Waals surface area contributed by atoms with Crippen LogP contribution in [-0.4, -0.2) is 31.3 Å². The molecule has 0 aliphatic heterocycles. The number of alkyl halides is 3. The van der Waals surface area contributed by atoms with Crippen LogP contribution in [0.3, 0.4) is 0 Å². The van der Waals surface area contributed by atoms with Gasteiger partial charge < -0.3 is 15.4 Å². The number of urea groups is 1. The van der Waals surface area contributed by atoms with Gasteiger partial charge in [0.2, 0.25) is 5.88 Å². The molecule has 36 heavy (non-hydrogen) atoms. The van der Waals surface area contributed by atoms with Gasteiger partial charge in [-0.1, -0.05) is 0 Å². The number of aryl methyl sites for hydroxylation is 1. The van der Waals surface area contributed by atoms with Gasteiger partial charge in [-0.3, -0.25) is 0 Å². The molecule has 12 heteroatoms. The molecule has 0 unspecified atom stereocenters. The van der Waals surface area contributed by atoms with Crippen LogP contribution in [0.15, 0.2) is 65.8 Å². The van der Waals surface area contributed by atoms with Gasteiger partial charge in [0.1, 0.15) is 12.1 Å². The van der Waals surface area contributed by atoms with Gasteiger partial charge in [-0.25, -0.2) is 19.4 Å². The molecule has 186 valence electrons. The number of hydrogen-bond acceptors (Lipinski definition) is 6. The van der Waals surface area contributed by atoms with E-state index in [9.17, 15) is 18.0 Å². The zero-order valence-corrected chi connectivity index (χ0v) is 20.2. The monoisotopic (exact) mass is 514 g/mol. The smallest absolute Gasteiger partial charge is 0.439 e. The molecule has 2 aromatic heterocycles. The van der Waals surface area contributed by atoms with E-state index in [-0.39, 0.29) is 16.7 Å². The number of halogens is 3. The van der Waals surface area contributed by atoms with Gasteiger partial charge in [0, 0.05) is 28.0 Å². The second-order valence-electron chi connectivity index (χ2n) is 7.70.